The van der Waals surface area contributed by atoms with Gasteiger partial charge in [0.1, 0.15) is 11.5 Å². The summed E-state index contributed by atoms with van der Waals surface area (Å²) in [6.07, 6.45) is 1.83. The van der Waals surface area contributed by atoms with E-state index in [9.17, 15) is 4.79 Å². The fourth-order valence-corrected chi connectivity index (χ4v) is 5.44. The first-order chi connectivity index (χ1) is 14.1. The molecule has 0 spiro atoms. The molecule has 1 aliphatic heterocycles. The predicted octanol–water partition coefficient (Wildman–Crippen LogP) is 4.37. The van der Waals surface area contributed by atoms with E-state index in [1.165, 1.54) is 15.5 Å². The molecule has 1 aliphatic rings. The summed E-state index contributed by atoms with van der Waals surface area (Å²) in [5.74, 6) is 0.701. The molecule has 5 rings (SSSR count). The van der Waals surface area contributed by atoms with E-state index in [0.29, 0.717) is 10.8 Å². The van der Waals surface area contributed by atoms with Crippen LogP contribution in [0.3, 0.4) is 0 Å². The molecule has 29 heavy (non-hydrogen) atoms. The first kappa shape index (κ1) is 18.6. The van der Waals surface area contributed by atoms with Gasteiger partial charge in [0.2, 0.25) is 0 Å². The number of nitrogens with one attached hydrogen (secondary N) is 2. The van der Waals surface area contributed by atoms with Crippen LogP contribution < -0.4 is 10.0 Å². The van der Waals surface area contributed by atoms with E-state index < -0.39 is 0 Å². The van der Waals surface area contributed by atoms with E-state index in [2.05, 4.69) is 54.0 Å². The van der Waals surface area contributed by atoms with Crippen molar-refractivity contribution in [3.8, 4) is 0 Å². The Hall–Kier alpha value is -2.40. The van der Waals surface area contributed by atoms with Gasteiger partial charge >= 0.3 is 0 Å². The number of likely N-dealkylation sites (N-methyl/N-ethyl adjacent to an activating group) is 1. The highest BCUT2D eigenvalue weighted by Gasteiger charge is 2.20. The molecule has 1 aromatic carbocycles. The van der Waals surface area contributed by atoms with Crippen LogP contribution in [0.15, 0.2) is 46.1 Å². The van der Waals surface area contributed by atoms with E-state index in [1.807, 2.05) is 24.4 Å². The van der Waals surface area contributed by atoms with Crippen molar-refractivity contribution in [2.45, 2.75) is 17.3 Å². The molecule has 3 aromatic heterocycles. The van der Waals surface area contributed by atoms with Crippen molar-refractivity contribution < 1.29 is 4.79 Å². The van der Waals surface area contributed by atoms with Crippen molar-refractivity contribution in [3.63, 3.8) is 0 Å². The number of rotatable bonds is 5. The Kier molecular flexibility index (Phi) is 5.00. The fraction of sp³-hybridized carbons (Fsp3) is 0.211. The quantitative estimate of drug-likeness (QED) is 0.447. The first-order valence-corrected chi connectivity index (χ1v) is 11.6. The number of amides is 1. The molecule has 0 radical (unpaired) electrons. The monoisotopic (exact) mass is 442 g/mol. The predicted molar refractivity (Wildman–Crippen MR) is 120 cm³/mol. The Morgan fingerprint density at radius 1 is 1.24 bits per heavy atom. The van der Waals surface area contributed by atoms with Gasteiger partial charge in [-0.05, 0) is 48.6 Å². The van der Waals surface area contributed by atoms with Crippen molar-refractivity contribution in [2.24, 2.45) is 0 Å². The molecule has 0 saturated heterocycles. The largest absolute Gasteiger partial charge is 0.332 e. The number of carbonyl (C=O) groups is 1. The lowest BCUT2D eigenvalue weighted by molar-refractivity contribution is 0.102. The van der Waals surface area contributed by atoms with Crippen molar-refractivity contribution in [3.05, 3.63) is 53.4 Å². The van der Waals surface area contributed by atoms with Crippen LogP contribution >= 0.6 is 34.6 Å². The highest BCUT2D eigenvalue weighted by Crippen LogP contribution is 2.31. The summed E-state index contributed by atoms with van der Waals surface area (Å²) < 4.78 is 7.62. The third kappa shape index (κ3) is 4.01. The van der Waals surface area contributed by atoms with Gasteiger partial charge in [0.15, 0.2) is 5.13 Å². The minimum absolute atomic E-state index is 0.222. The number of hydrogen-bond donors (Lipinski definition) is 2. The molecule has 4 heterocycles. The zero-order valence-corrected chi connectivity index (χ0v) is 18.0. The molecule has 0 unspecified atom stereocenters. The van der Waals surface area contributed by atoms with Gasteiger partial charge < -0.3 is 9.29 Å². The molecule has 4 aromatic rings. The van der Waals surface area contributed by atoms with Gasteiger partial charge in [-0.1, -0.05) is 17.4 Å². The normalized spacial score (nSPS) is 14.1. The average Bonchev–Trinajstić information content (AvgIpc) is 3.44. The van der Waals surface area contributed by atoms with E-state index in [0.717, 1.165) is 41.4 Å². The maximum atomic E-state index is 12.6. The number of nitrogens with zero attached hydrogens (tertiary/aromatic N) is 4. The van der Waals surface area contributed by atoms with Gasteiger partial charge in [0.25, 0.3) is 5.91 Å². The van der Waals surface area contributed by atoms with E-state index in [1.54, 1.807) is 23.3 Å². The maximum Gasteiger partial charge on any atom is 0.277 e. The van der Waals surface area contributed by atoms with Crippen molar-refractivity contribution in [1.29, 1.82) is 0 Å². The number of hydrogen-bond acceptors (Lipinski definition) is 8. The van der Waals surface area contributed by atoms with Crippen LogP contribution in [0.25, 0.3) is 10.2 Å². The van der Waals surface area contributed by atoms with Crippen LogP contribution in [0.4, 0.5) is 10.8 Å². The number of thiophene rings is 1. The molecule has 0 fully saturated rings. The molecule has 2 N–H and O–H groups in total. The second-order valence-electron chi connectivity index (χ2n) is 6.77. The van der Waals surface area contributed by atoms with Crippen molar-refractivity contribution in [2.75, 3.05) is 23.6 Å². The molecule has 7 nitrogen and oxygen atoms in total. The molecule has 10 heteroatoms. The Morgan fingerprint density at radius 3 is 3.03 bits per heavy atom. The second-order valence-corrected chi connectivity index (χ2v) is 9.85. The van der Waals surface area contributed by atoms with Crippen LogP contribution in [0.5, 0.6) is 0 Å². The molecular formula is C19H18N6OS3. The number of anilines is 2. The summed E-state index contributed by atoms with van der Waals surface area (Å²) in [6, 6.07) is 10.1. The molecular weight excluding hydrogens is 424 g/mol. The van der Waals surface area contributed by atoms with E-state index >= 15 is 0 Å². The number of benzene rings is 1. The number of aromatic nitrogens is 3. The molecule has 0 bridgehead atoms. The zero-order chi connectivity index (χ0) is 19.8. The van der Waals surface area contributed by atoms with Crippen LogP contribution in [0.1, 0.15) is 16.3 Å². The van der Waals surface area contributed by atoms with Gasteiger partial charge in [-0.3, -0.25) is 15.0 Å². The zero-order valence-electron chi connectivity index (χ0n) is 15.6. The Morgan fingerprint density at radius 2 is 2.17 bits per heavy atom. The highest BCUT2D eigenvalue weighted by molar-refractivity contribution is 8.02. The topological polar surface area (TPSA) is 75.1 Å². The fourth-order valence-electron chi connectivity index (χ4n) is 3.12. The van der Waals surface area contributed by atoms with Gasteiger partial charge in [-0.2, -0.15) is 0 Å². The third-order valence-corrected chi connectivity index (χ3v) is 7.41. The van der Waals surface area contributed by atoms with Gasteiger partial charge in [0.05, 0.1) is 21.0 Å². The van der Waals surface area contributed by atoms with Crippen molar-refractivity contribution >= 4 is 61.6 Å². The first-order valence-electron chi connectivity index (χ1n) is 9.07. The van der Waals surface area contributed by atoms with Gasteiger partial charge in [-0.15, -0.1) is 11.3 Å². The number of thiazole rings is 1. The number of fused-ring (bicyclic) bond motifs is 2. The smallest absolute Gasteiger partial charge is 0.277 e. The summed E-state index contributed by atoms with van der Waals surface area (Å²) in [7, 11) is 2.06. The maximum absolute atomic E-state index is 12.6. The van der Waals surface area contributed by atoms with Crippen molar-refractivity contribution in [1.82, 2.24) is 19.4 Å². The highest BCUT2D eigenvalue weighted by atomic mass is 32.2. The summed E-state index contributed by atoms with van der Waals surface area (Å²) in [6.45, 7) is 2.57. The lowest BCUT2D eigenvalue weighted by Gasteiger charge is -2.22. The van der Waals surface area contributed by atoms with Crippen LogP contribution in [-0.4, -0.2) is 38.9 Å². The number of carbonyl (C=O) groups excluding carboxylic acids is 1. The minimum atomic E-state index is -0.222. The van der Waals surface area contributed by atoms with E-state index in [4.69, 9.17) is 0 Å². The summed E-state index contributed by atoms with van der Waals surface area (Å²) in [4.78, 5) is 23.9. The Balaban J connectivity index is 1.29. The Bertz CT molecular complexity index is 1170. The molecule has 0 aliphatic carbocycles. The van der Waals surface area contributed by atoms with Gasteiger partial charge in [0, 0.05) is 25.0 Å². The van der Waals surface area contributed by atoms with Crippen LogP contribution in [0, 0.1) is 0 Å². The minimum Gasteiger partial charge on any atom is -0.332 e. The number of imidazole rings is 1. The molecule has 0 saturated carbocycles. The molecule has 148 valence electrons. The lowest BCUT2D eigenvalue weighted by atomic mass is 10.3. The lowest BCUT2D eigenvalue weighted by Crippen LogP contribution is -2.30. The summed E-state index contributed by atoms with van der Waals surface area (Å²) in [5.41, 5.74) is 2.30. The molecule has 1 amide bonds. The standard InChI is InChI=1S/C19H18N6OS3/c1-24-6-7-25-10-14(20-16(25)11-24)18(26)22-19-21-13-5-4-12(9-15(13)28-19)23-29-17-3-2-8-27-17/h2-5,8-10,23H,6-7,11H2,1H3,(H,21,22,26). The SMILES string of the molecule is CN1CCn2cc(C(=O)Nc3nc4ccc(NSc5cccs5)cc4s3)nc2C1. The van der Waals surface area contributed by atoms with E-state index in [-0.39, 0.29) is 5.91 Å². The third-order valence-electron chi connectivity index (χ3n) is 4.60. The van der Waals surface area contributed by atoms with Crippen LogP contribution in [0.2, 0.25) is 0 Å². The molecule has 0 atom stereocenters. The van der Waals surface area contributed by atoms with Gasteiger partial charge in [-0.25, -0.2) is 9.97 Å². The summed E-state index contributed by atoms with van der Waals surface area (Å²) in [5, 5.41) is 5.53. The summed E-state index contributed by atoms with van der Waals surface area (Å²) >= 11 is 4.74. The Labute approximate surface area is 179 Å². The van der Waals surface area contributed by atoms with Crippen LogP contribution in [-0.2, 0) is 13.1 Å². The average molecular weight is 443 g/mol. The second kappa shape index (κ2) is 7.79.